The molecule has 0 radical (unpaired) electrons. The van der Waals surface area contributed by atoms with Crippen LogP contribution in [0.25, 0.3) is 0 Å². The van der Waals surface area contributed by atoms with E-state index in [1.54, 1.807) is 0 Å². The van der Waals surface area contributed by atoms with E-state index in [1.165, 1.54) is 0 Å². The van der Waals surface area contributed by atoms with Gasteiger partial charge in [-0.25, -0.2) is 0 Å². The van der Waals surface area contributed by atoms with E-state index in [2.05, 4.69) is 135 Å². The van der Waals surface area contributed by atoms with Crippen molar-refractivity contribution in [3.8, 4) is 0 Å². The summed E-state index contributed by atoms with van der Waals surface area (Å²) in [6.45, 7) is 4.20. The van der Waals surface area contributed by atoms with Gasteiger partial charge in [0.25, 0.3) is 0 Å². The predicted octanol–water partition coefficient (Wildman–Crippen LogP) is 7.11. The molecule has 0 amide bonds. The first-order chi connectivity index (χ1) is 23.6. The van der Waals surface area contributed by atoms with Gasteiger partial charge in [-0.1, -0.05) is 181 Å². The van der Waals surface area contributed by atoms with Gasteiger partial charge in [0.05, 0.1) is 0 Å². The molecule has 0 spiro atoms. The van der Waals surface area contributed by atoms with Crippen molar-refractivity contribution in [2.24, 2.45) is 0 Å². The minimum atomic E-state index is -1.09. The van der Waals surface area contributed by atoms with Crippen LogP contribution in [0.4, 0.5) is 0 Å². The van der Waals surface area contributed by atoms with Crippen LogP contribution in [0.3, 0.4) is 0 Å². The van der Waals surface area contributed by atoms with Crippen LogP contribution in [0.15, 0.2) is 170 Å². The zero-order valence-electron chi connectivity index (χ0n) is 27.1. The summed E-state index contributed by atoms with van der Waals surface area (Å²) in [5.74, 6) is 0. The van der Waals surface area contributed by atoms with Gasteiger partial charge in [-0.2, -0.15) is 0 Å². The highest BCUT2D eigenvalue weighted by Gasteiger charge is 2.66. The van der Waals surface area contributed by atoms with Gasteiger partial charge < -0.3 is 18.6 Å². The van der Waals surface area contributed by atoms with Gasteiger partial charge in [0.15, 0.2) is 0 Å². The highest BCUT2D eigenvalue weighted by atomic mass is 16.7. The minimum absolute atomic E-state index is 0.652. The molecule has 234 valence electrons. The van der Waals surface area contributed by atoms with Crippen molar-refractivity contribution in [1.82, 2.24) is 0 Å². The molecule has 2 saturated heterocycles. The molecule has 2 fully saturated rings. The first-order valence-corrected chi connectivity index (χ1v) is 16.6. The first kappa shape index (κ1) is 30.6. The van der Waals surface area contributed by atoms with E-state index < -0.39 is 37.6 Å². The third-order valence-electron chi connectivity index (χ3n) is 9.90. The number of fused-ring (bicyclic) bond motifs is 1. The standard InChI is InChI=1S/C42H36B2O4/c1-31-19-15-17-29-37(31)43-45-39-40(41(47-43,33-21-7-3-8-22-33)34-23-9-4-10-24-34)46-44(38-30-18-16-20-32(38)2)48-42(39,35-25-11-5-12-26-35)36-27-13-6-14-28-36/h3-30,39-40H,1-2H3/t39-,40-/m1/s1. The van der Waals surface area contributed by atoms with Crippen LogP contribution in [-0.4, -0.2) is 26.4 Å². The molecule has 2 heterocycles. The van der Waals surface area contributed by atoms with Crippen molar-refractivity contribution >= 4 is 25.2 Å². The SMILES string of the molecule is Cc1ccccc1B1O[C@@H]2[C@@H](OB(c3ccccc3C)OC2(c2ccccc2)c2ccccc2)C(c2ccccc2)(c2ccccc2)O1. The predicted molar refractivity (Wildman–Crippen MR) is 192 cm³/mol. The number of aryl methyl sites for hydroxylation is 2. The fourth-order valence-corrected chi connectivity index (χ4v) is 7.54. The lowest BCUT2D eigenvalue weighted by atomic mass is 9.61. The van der Waals surface area contributed by atoms with Crippen molar-refractivity contribution in [3.05, 3.63) is 203 Å². The Kier molecular flexibility index (Phi) is 8.11. The third kappa shape index (κ3) is 5.04. The Morgan fingerprint density at radius 2 is 0.646 bits per heavy atom. The van der Waals surface area contributed by atoms with Gasteiger partial charge in [-0.3, -0.25) is 0 Å². The van der Waals surface area contributed by atoms with Crippen molar-refractivity contribution in [2.45, 2.75) is 37.3 Å². The highest BCUT2D eigenvalue weighted by Crippen LogP contribution is 2.53. The lowest BCUT2D eigenvalue weighted by Crippen LogP contribution is -2.74. The Morgan fingerprint density at radius 1 is 0.375 bits per heavy atom. The quantitative estimate of drug-likeness (QED) is 0.185. The molecule has 2 atom stereocenters. The van der Waals surface area contributed by atoms with Crippen molar-refractivity contribution < 1.29 is 18.6 Å². The van der Waals surface area contributed by atoms with E-state index in [1.807, 2.05) is 48.5 Å². The zero-order valence-corrected chi connectivity index (χ0v) is 27.1. The monoisotopic (exact) mass is 626 g/mol. The van der Waals surface area contributed by atoms with E-state index in [-0.39, 0.29) is 0 Å². The molecular weight excluding hydrogens is 590 g/mol. The molecule has 0 unspecified atom stereocenters. The Bertz CT molecular complexity index is 1760. The molecule has 4 nitrogen and oxygen atoms in total. The van der Waals surface area contributed by atoms with Crippen molar-refractivity contribution in [2.75, 3.05) is 0 Å². The van der Waals surface area contributed by atoms with Crippen LogP contribution in [0.2, 0.25) is 0 Å². The van der Waals surface area contributed by atoms with Gasteiger partial charge in [0.2, 0.25) is 0 Å². The summed E-state index contributed by atoms with van der Waals surface area (Å²) in [5, 5.41) is 0. The molecule has 0 saturated carbocycles. The topological polar surface area (TPSA) is 36.9 Å². The summed E-state index contributed by atoms with van der Waals surface area (Å²) < 4.78 is 29.6. The van der Waals surface area contributed by atoms with Crippen LogP contribution in [0.1, 0.15) is 33.4 Å². The molecule has 8 rings (SSSR count). The van der Waals surface area contributed by atoms with Crippen LogP contribution >= 0.6 is 0 Å². The fourth-order valence-electron chi connectivity index (χ4n) is 7.54. The summed E-state index contributed by atoms with van der Waals surface area (Å²) in [7, 11) is -1.47. The second-order valence-corrected chi connectivity index (χ2v) is 12.7. The molecule has 48 heavy (non-hydrogen) atoms. The van der Waals surface area contributed by atoms with E-state index in [0.29, 0.717) is 0 Å². The molecule has 0 N–H and O–H groups in total. The Labute approximate surface area is 283 Å². The van der Waals surface area contributed by atoms with Gasteiger partial charge in [-0.15, -0.1) is 0 Å². The van der Waals surface area contributed by atoms with E-state index in [4.69, 9.17) is 18.6 Å². The summed E-state index contributed by atoms with van der Waals surface area (Å²) in [6.07, 6.45) is -1.30. The van der Waals surface area contributed by atoms with Gasteiger partial charge >= 0.3 is 14.2 Å². The molecule has 6 aromatic rings. The zero-order chi connectivity index (χ0) is 32.6. The average Bonchev–Trinajstić information content (AvgIpc) is 3.16. The van der Waals surface area contributed by atoms with Crippen LogP contribution in [-0.2, 0) is 29.8 Å². The van der Waals surface area contributed by atoms with Crippen LogP contribution in [0, 0.1) is 13.8 Å². The normalized spacial score (nSPS) is 19.8. The maximum atomic E-state index is 7.46. The summed E-state index contributed by atoms with van der Waals surface area (Å²) in [6, 6.07) is 58.3. The van der Waals surface area contributed by atoms with Crippen molar-refractivity contribution in [3.63, 3.8) is 0 Å². The molecular formula is C42H36B2O4. The summed E-state index contributed by atoms with van der Waals surface area (Å²) in [5.41, 5.74) is 5.83. The lowest BCUT2D eigenvalue weighted by molar-refractivity contribution is -0.210. The lowest BCUT2D eigenvalue weighted by Gasteiger charge is -2.59. The second kappa shape index (κ2) is 12.7. The molecule has 2 aliphatic rings. The Morgan fingerprint density at radius 3 is 0.938 bits per heavy atom. The Balaban J connectivity index is 1.47. The van der Waals surface area contributed by atoms with E-state index in [9.17, 15) is 0 Å². The Hall–Kier alpha value is -4.71. The average molecular weight is 626 g/mol. The maximum absolute atomic E-state index is 7.46. The second-order valence-electron chi connectivity index (χ2n) is 12.7. The van der Waals surface area contributed by atoms with E-state index >= 15 is 0 Å². The van der Waals surface area contributed by atoms with Crippen LogP contribution in [0.5, 0.6) is 0 Å². The smallest absolute Gasteiger partial charge is 0.398 e. The molecule has 6 aromatic carbocycles. The largest absolute Gasteiger partial charge is 0.495 e. The summed E-state index contributed by atoms with van der Waals surface area (Å²) >= 11 is 0. The van der Waals surface area contributed by atoms with Gasteiger partial charge in [0.1, 0.15) is 23.4 Å². The first-order valence-electron chi connectivity index (χ1n) is 16.6. The highest BCUT2D eigenvalue weighted by molar-refractivity contribution is 6.63. The molecule has 0 aromatic heterocycles. The fraction of sp³-hybridized carbons (Fsp3) is 0.143. The number of rotatable bonds is 6. The minimum Gasteiger partial charge on any atom is -0.398 e. The summed E-state index contributed by atoms with van der Waals surface area (Å²) in [4.78, 5) is 0. The van der Waals surface area contributed by atoms with Gasteiger partial charge in [-0.05, 0) is 47.0 Å². The number of hydrogen-bond donors (Lipinski definition) is 0. The molecule has 0 aliphatic carbocycles. The van der Waals surface area contributed by atoms with E-state index in [0.717, 1.165) is 44.3 Å². The third-order valence-corrected chi connectivity index (χ3v) is 9.90. The number of benzene rings is 6. The van der Waals surface area contributed by atoms with Crippen LogP contribution < -0.4 is 10.9 Å². The van der Waals surface area contributed by atoms with Gasteiger partial charge in [0, 0.05) is 0 Å². The number of hydrogen-bond acceptors (Lipinski definition) is 4. The maximum Gasteiger partial charge on any atom is 0.495 e. The van der Waals surface area contributed by atoms with Crippen molar-refractivity contribution in [1.29, 1.82) is 0 Å². The molecule has 0 bridgehead atoms. The molecule has 2 aliphatic heterocycles. The molecule has 6 heteroatoms.